The number of Topliss-reactive ketones (excluding diaryl/α,β-unsaturated/α-hetero) is 1. The van der Waals surface area contributed by atoms with Crippen LogP contribution < -0.4 is 4.90 Å². The third kappa shape index (κ3) is 3.37. The van der Waals surface area contributed by atoms with E-state index in [9.17, 15) is 4.79 Å². The third-order valence-corrected chi connectivity index (χ3v) is 4.54. The number of hydrogen-bond donors (Lipinski definition) is 0. The molecule has 0 spiro atoms. The molecule has 1 saturated carbocycles. The predicted molar refractivity (Wildman–Crippen MR) is 80.8 cm³/mol. The zero-order valence-electron chi connectivity index (χ0n) is 12.4. The number of benzene rings is 1. The van der Waals surface area contributed by atoms with Gasteiger partial charge >= 0.3 is 0 Å². The van der Waals surface area contributed by atoms with E-state index in [1.54, 1.807) is 0 Å². The van der Waals surface area contributed by atoms with Gasteiger partial charge in [-0.05, 0) is 42.9 Å². The van der Waals surface area contributed by atoms with Crippen LogP contribution in [0.5, 0.6) is 0 Å². The van der Waals surface area contributed by atoms with E-state index in [-0.39, 0.29) is 0 Å². The minimum absolute atomic E-state index is 0.428. The maximum absolute atomic E-state index is 11.3. The van der Waals surface area contributed by atoms with Gasteiger partial charge in [-0.25, -0.2) is 0 Å². The minimum Gasteiger partial charge on any atom is -0.372 e. The summed E-state index contributed by atoms with van der Waals surface area (Å²) in [5.74, 6) is 1.06. The summed E-state index contributed by atoms with van der Waals surface area (Å²) in [6.07, 6.45) is 4.69. The molecule has 2 rings (SSSR count). The molecule has 0 radical (unpaired) electrons. The number of carbonyl (C=O) groups is 1. The van der Waals surface area contributed by atoms with E-state index in [0.29, 0.717) is 17.7 Å². The molecule has 0 aromatic heterocycles. The highest BCUT2D eigenvalue weighted by molar-refractivity contribution is 5.79. The van der Waals surface area contributed by atoms with Gasteiger partial charge in [0.05, 0.1) is 0 Å². The van der Waals surface area contributed by atoms with Gasteiger partial charge in [0.25, 0.3) is 0 Å². The molecule has 0 N–H and O–H groups in total. The van der Waals surface area contributed by atoms with Gasteiger partial charge in [-0.15, -0.1) is 0 Å². The molecule has 0 bridgehead atoms. The second-order valence-corrected chi connectivity index (χ2v) is 5.78. The Balaban J connectivity index is 2.03. The van der Waals surface area contributed by atoms with Crippen molar-refractivity contribution in [1.82, 2.24) is 0 Å². The second-order valence-electron chi connectivity index (χ2n) is 5.78. The van der Waals surface area contributed by atoms with E-state index in [0.717, 1.165) is 25.7 Å². The smallest absolute Gasteiger partial charge is 0.133 e. The van der Waals surface area contributed by atoms with Crippen LogP contribution in [0, 0.1) is 0 Å². The lowest BCUT2D eigenvalue weighted by atomic mass is 9.93. The first-order chi connectivity index (χ1) is 9.11. The fraction of sp³-hybridized carbons (Fsp3) is 0.588. The largest absolute Gasteiger partial charge is 0.372 e. The Morgan fingerprint density at radius 1 is 1.21 bits per heavy atom. The number of rotatable bonds is 4. The van der Waals surface area contributed by atoms with Crippen molar-refractivity contribution >= 4 is 11.5 Å². The van der Waals surface area contributed by atoms with Crippen LogP contribution in [0.1, 0.15) is 57.4 Å². The highest BCUT2D eigenvalue weighted by Gasteiger charge is 2.22. The Morgan fingerprint density at radius 3 is 2.32 bits per heavy atom. The van der Waals surface area contributed by atoms with Crippen molar-refractivity contribution in [3.05, 3.63) is 29.8 Å². The molecule has 1 atom stereocenters. The van der Waals surface area contributed by atoms with Gasteiger partial charge in [0.15, 0.2) is 0 Å². The molecular formula is C17H25NO. The first-order valence-corrected chi connectivity index (χ1v) is 7.46. The summed E-state index contributed by atoms with van der Waals surface area (Å²) in [5, 5.41) is 0. The summed E-state index contributed by atoms with van der Waals surface area (Å²) >= 11 is 0. The lowest BCUT2D eigenvalue weighted by Gasteiger charge is -2.32. The van der Waals surface area contributed by atoms with Gasteiger partial charge in [-0.1, -0.05) is 26.0 Å². The van der Waals surface area contributed by atoms with Crippen LogP contribution in [-0.4, -0.2) is 18.9 Å². The zero-order chi connectivity index (χ0) is 13.8. The minimum atomic E-state index is 0.428. The van der Waals surface area contributed by atoms with E-state index in [2.05, 4.69) is 50.1 Å². The molecule has 0 amide bonds. The van der Waals surface area contributed by atoms with Gasteiger partial charge in [-0.2, -0.15) is 0 Å². The van der Waals surface area contributed by atoms with Crippen molar-refractivity contribution in [2.45, 2.75) is 57.9 Å². The lowest BCUT2D eigenvalue weighted by Crippen LogP contribution is -2.35. The van der Waals surface area contributed by atoms with Crippen LogP contribution in [0.25, 0.3) is 0 Å². The molecule has 1 aromatic carbocycles. The average molecular weight is 259 g/mol. The highest BCUT2D eigenvalue weighted by atomic mass is 16.1. The van der Waals surface area contributed by atoms with Crippen LogP contribution in [0.3, 0.4) is 0 Å². The van der Waals surface area contributed by atoms with Crippen molar-refractivity contribution in [2.75, 3.05) is 11.9 Å². The Bertz CT molecular complexity index is 413. The van der Waals surface area contributed by atoms with Gasteiger partial charge in [0.2, 0.25) is 0 Å². The average Bonchev–Trinajstić information content (AvgIpc) is 2.46. The monoisotopic (exact) mass is 259 g/mol. The molecule has 19 heavy (non-hydrogen) atoms. The molecule has 1 aromatic rings. The highest BCUT2D eigenvalue weighted by Crippen LogP contribution is 2.26. The van der Waals surface area contributed by atoms with Crippen molar-refractivity contribution < 1.29 is 4.79 Å². The quantitative estimate of drug-likeness (QED) is 0.809. The van der Waals surface area contributed by atoms with E-state index < -0.39 is 0 Å². The van der Waals surface area contributed by atoms with Crippen LogP contribution in [0.2, 0.25) is 0 Å². The first kappa shape index (κ1) is 14.1. The molecule has 1 fully saturated rings. The summed E-state index contributed by atoms with van der Waals surface area (Å²) in [4.78, 5) is 13.6. The summed E-state index contributed by atoms with van der Waals surface area (Å²) in [7, 11) is 2.15. The standard InChI is InChI=1S/C17H25NO/c1-4-13(2)14-5-7-15(8-6-14)18(3)16-9-11-17(19)12-10-16/h5-8,13,16H,4,9-12H2,1-3H3. The Morgan fingerprint density at radius 2 is 1.79 bits per heavy atom. The van der Waals surface area contributed by atoms with E-state index in [4.69, 9.17) is 0 Å². The van der Waals surface area contributed by atoms with Gasteiger partial charge in [0, 0.05) is 31.6 Å². The Kier molecular flexibility index (Phi) is 4.62. The van der Waals surface area contributed by atoms with Crippen molar-refractivity contribution in [1.29, 1.82) is 0 Å². The third-order valence-electron chi connectivity index (χ3n) is 4.54. The van der Waals surface area contributed by atoms with Crippen molar-refractivity contribution in [3.8, 4) is 0 Å². The Labute approximate surface area is 116 Å². The molecule has 1 unspecified atom stereocenters. The van der Waals surface area contributed by atoms with Gasteiger partial charge < -0.3 is 4.90 Å². The number of anilines is 1. The fourth-order valence-corrected chi connectivity index (χ4v) is 2.80. The SMILES string of the molecule is CCC(C)c1ccc(N(C)C2CCC(=O)CC2)cc1. The summed E-state index contributed by atoms with van der Waals surface area (Å²) < 4.78 is 0. The van der Waals surface area contributed by atoms with Crippen LogP contribution in [0.15, 0.2) is 24.3 Å². The number of nitrogens with zero attached hydrogens (tertiary/aromatic N) is 1. The van der Waals surface area contributed by atoms with Crippen LogP contribution in [-0.2, 0) is 4.79 Å². The molecule has 0 heterocycles. The molecule has 1 aliphatic rings. The van der Waals surface area contributed by atoms with Crippen molar-refractivity contribution in [2.24, 2.45) is 0 Å². The number of hydrogen-bond acceptors (Lipinski definition) is 2. The number of carbonyl (C=O) groups excluding carboxylic acids is 1. The first-order valence-electron chi connectivity index (χ1n) is 7.46. The summed E-state index contributed by atoms with van der Waals surface area (Å²) in [6.45, 7) is 4.50. The van der Waals surface area contributed by atoms with E-state index in [1.807, 2.05) is 0 Å². The zero-order valence-corrected chi connectivity index (χ0v) is 12.4. The normalized spacial score (nSPS) is 18.4. The van der Waals surface area contributed by atoms with Crippen molar-refractivity contribution in [3.63, 3.8) is 0 Å². The molecule has 2 heteroatoms. The topological polar surface area (TPSA) is 20.3 Å². The molecule has 2 nitrogen and oxygen atoms in total. The Hall–Kier alpha value is -1.31. The molecule has 1 aliphatic carbocycles. The maximum atomic E-state index is 11.3. The number of ketones is 1. The van der Waals surface area contributed by atoms with Gasteiger partial charge in [-0.3, -0.25) is 4.79 Å². The lowest BCUT2D eigenvalue weighted by molar-refractivity contribution is -0.120. The molecule has 0 aliphatic heterocycles. The van der Waals surface area contributed by atoms with Crippen LogP contribution >= 0.6 is 0 Å². The summed E-state index contributed by atoms with van der Waals surface area (Å²) in [6, 6.07) is 9.45. The maximum Gasteiger partial charge on any atom is 0.133 e. The predicted octanol–water partition coefficient (Wildman–Crippen LogP) is 4.15. The summed E-state index contributed by atoms with van der Waals surface area (Å²) in [5.41, 5.74) is 2.69. The second kappa shape index (κ2) is 6.23. The van der Waals surface area contributed by atoms with Gasteiger partial charge in [0.1, 0.15) is 5.78 Å². The molecule has 104 valence electrons. The molecular weight excluding hydrogens is 234 g/mol. The fourth-order valence-electron chi connectivity index (χ4n) is 2.80. The van der Waals surface area contributed by atoms with Crippen LogP contribution in [0.4, 0.5) is 5.69 Å². The molecule has 0 saturated heterocycles. The van der Waals surface area contributed by atoms with E-state index in [1.165, 1.54) is 17.7 Å². The van der Waals surface area contributed by atoms with E-state index >= 15 is 0 Å².